The summed E-state index contributed by atoms with van der Waals surface area (Å²) in [6, 6.07) is 4.18. The Morgan fingerprint density at radius 3 is 2.50 bits per heavy atom. The van der Waals surface area contributed by atoms with Crippen LogP contribution in [0.25, 0.3) is 0 Å². The second kappa shape index (κ2) is 9.72. The van der Waals surface area contributed by atoms with Crippen LogP contribution in [0.2, 0.25) is 0 Å². The number of esters is 1. The smallest absolute Gasteiger partial charge is 0.340 e. The van der Waals surface area contributed by atoms with Crippen molar-refractivity contribution in [2.24, 2.45) is 0 Å². The number of benzene rings is 1. The second-order valence-corrected chi connectivity index (χ2v) is 9.18. The van der Waals surface area contributed by atoms with E-state index in [1.165, 1.54) is 32.4 Å². The van der Waals surface area contributed by atoms with E-state index >= 15 is 0 Å². The predicted octanol–water partition coefficient (Wildman–Crippen LogP) is 2.14. The van der Waals surface area contributed by atoms with E-state index in [4.69, 9.17) is 14.2 Å². The Morgan fingerprint density at radius 1 is 1.16 bits per heavy atom. The van der Waals surface area contributed by atoms with Gasteiger partial charge in [-0.2, -0.15) is 0 Å². The molecule has 1 aromatic carbocycles. The first-order valence-corrected chi connectivity index (χ1v) is 11.5. The van der Waals surface area contributed by atoms with E-state index in [1.807, 2.05) is 0 Å². The van der Waals surface area contributed by atoms with E-state index in [2.05, 4.69) is 15.0 Å². The van der Waals surface area contributed by atoms with Gasteiger partial charge in [0.25, 0.3) is 5.91 Å². The van der Waals surface area contributed by atoms with Gasteiger partial charge in [0.1, 0.15) is 18.1 Å². The zero-order valence-corrected chi connectivity index (χ0v) is 19.2. The average Bonchev–Trinajstić information content (AvgIpc) is 3.49. The highest BCUT2D eigenvalue weighted by molar-refractivity contribution is 7.89. The summed E-state index contributed by atoms with van der Waals surface area (Å²) in [5, 5.41) is 2.67. The maximum absolute atomic E-state index is 13.0. The number of ether oxygens (including phenoxy) is 3. The average molecular weight is 466 g/mol. The topological polar surface area (TPSA) is 136 Å². The molecular weight excluding hydrogens is 438 g/mol. The van der Waals surface area contributed by atoms with E-state index in [0.717, 1.165) is 12.8 Å². The minimum atomic E-state index is -3.71. The van der Waals surface area contributed by atoms with Gasteiger partial charge in [-0.3, -0.25) is 4.79 Å². The summed E-state index contributed by atoms with van der Waals surface area (Å²) in [5.41, 5.74) is 1.51. The van der Waals surface area contributed by atoms with E-state index in [-0.39, 0.29) is 41.1 Å². The third kappa shape index (κ3) is 5.29. The summed E-state index contributed by atoms with van der Waals surface area (Å²) in [7, 11) is -0.798. The van der Waals surface area contributed by atoms with Crippen LogP contribution in [-0.2, 0) is 19.5 Å². The van der Waals surface area contributed by atoms with Crippen molar-refractivity contribution in [2.45, 2.75) is 37.6 Å². The van der Waals surface area contributed by atoms with Crippen molar-refractivity contribution in [2.75, 3.05) is 32.8 Å². The number of carbonyl (C=O) groups is 2. The number of methoxy groups -OCH3 is 2. The number of hydrogen-bond acceptors (Lipinski definition) is 7. The van der Waals surface area contributed by atoms with Gasteiger partial charge in [0.2, 0.25) is 10.0 Å². The number of aromatic nitrogens is 1. The molecular formula is C21H27N3O7S. The first kappa shape index (κ1) is 23.8. The molecule has 11 heteroatoms. The molecule has 3 N–H and O–H groups in total. The zero-order chi connectivity index (χ0) is 23.5. The minimum absolute atomic E-state index is 0.0160. The lowest BCUT2D eigenvalue weighted by atomic mass is 10.1. The third-order valence-corrected chi connectivity index (χ3v) is 6.54. The summed E-state index contributed by atoms with van der Waals surface area (Å²) >= 11 is 0. The standard InChI is InChI=1S/C21H27N3O7S/c1-12-18(21(26)31-10-9-29-3)13(2)22-19(12)20(25)23-16-11-15(7-8-17(16)30-4)32(27,28)24-14-5-6-14/h7-8,11,14,22,24H,5-6,9-10H2,1-4H3,(H,23,25). The zero-order valence-electron chi connectivity index (χ0n) is 18.4. The van der Waals surface area contributed by atoms with Gasteiger partial charge < -0.3 is 24.5 Å². The molecule has 1 fully saturated rings. The normalized spacial score (nSPS) is 13.6. The second-order valence-electron chi connectivity index (χ2n) is 7.47. The highest BCUT2D eigenvalue weighted by Crippen LogP contribution is 2.30. The SMILES string of the molecule is COCCOC(=O)c1c(C)[nH]c(C(=O)Nc2cc(S(=O)(=O)NC3CC3)ccc2OC)c1C. The summed E-state index contributed by atoms with van der Waals surface area (Å²) in [6.45, 7) is 3.64. The molecule has 1 aliphatic rings. The largest absolute Gasteiger partial charge is 0.495 e. The highest BCUT2D eigenvalue weighted by atomic mass is 32.2. The fraction of sp³-hybridized carbons (Fsp3) is 0.429. The van der Waals surface area contributed by atoms with Gasteiger partial charge in [0.15, 0.2) is 0 Å². The van der Waals surface area contributed by atoms with Gasteiger partial charge in [0, 0.05) is 18.8 Å². The monoisotopic (exact) mass is 465 g/mol. The predicted molar refractivity (Wildman–Crippen MR) is 117 cm³/mol. The van der Waals surface area contributed by atoms with Crippen molar-refractivity contribution < 1.29 is 32.2 Å². The Labute approximate surface area is 186 Å². The molecule has 0 atom stereocenters. The summed E-state index contributed by atoms with van der Waals surface area (Å²) in [4.78, 5) is 28.3. The molecule has 3 rings (SSSR count). The summed E-state index contributed by atoms with van der Waals surface area (Å²) < 4.78 is 43.0. The van der Waals surface area contributed by atoms with Gasteiger partial charge in [-0.05, 0) is 50.5 Å². The number of anilines is 1. The number of aryl methyl sites for hydroxylation is 1. The minimum Gasteiger partial charge on any atom is -0.495 e. The molecule has 1 aliphatic carbocycles. The molecule has 2 aromatic rings. The first-order chi connectivity index (χ1) is 15.2. The third-order valence-electron chi connectivity index (χ3n) is 5.02. The van der Waals surface area contributed by atoms with Crippen molar-refractivity contribution in [3.05, 3.63) is 40.7 Å². The van der Waals surface area contributed by atoms with Crippen molar-refractivity contribution in [3.8, 4) is 5.75 Å². The van der Waals surface area contributed by atoms with Crippen LogP contribution in [0.5, 0.6) is 5.75 Å². The van der Waals surface area contributed by atoms with Gasteiger partial charge in [-0.15, -0.1) is 0 Å². The van der Waals surface area contributed by atoms with E-state index in [1.54, 1.807) is 13.8 Å². The van der Waals surface area contributed by atoms with E-state index < -0.39 is 21.9 Å². The van der Waals surface area contributed by atoms with Crippen LogP contribution in [-0.4, -0.2) is 58.8 Å². The Kier molecular flexibility index (Phi) is 7.22. The van der Waals surface area contributed by atoms with Crippen LogP contribution < -0.4 is 14.8 Å². The molecule has 1 amide bonds. The number of rotatable bonds is 10. The number of hydrogen-bond donors (Lipinski definition) is 3. The van der Waals surface area contributed by atoms with Crippen LogP contribution in [0.1, 0.15) is 44.9 Å². The molecule has 0 unspecified atom stereocenters. The maximum atomic E-state index is 13.0. The lowest BCUT2D eigenvalue weighted by Crippen LogP contribution is -2.26. The van der Waals surface area contributed by atoms with Gasteiger partial charge in [0.05, 0.1) is 29.9 Å². The maximum Gasteiger partial charge on any atom is 0.340 e. The lowest BCUT2D eigenvalue weighted by molar-refractivity contribution is 0.0386. The van der Waals surface area contributed by atoms with Crippen LogP contribution in [0.4, 0.5) is 5.69 Å². The number of nitrogens with one attached hydrogen (secondary N) is 3. The molecule has 174 valence electrons. The van der Waals surface area contributed by atoms with Gasteiger partial charge >= 0.3 is 5.97 Å². The first-order valence-electron chi connectivity index (χ1n) is 10.0. The van der Waals surface area contributed by atoms with Crippen molar-refractivity contribution >= 4 is 27.6 Å². The molecule has 1 heterocycles. The number of sulfonamides is 1. The van der Waals surface area contributed by atoms with Gasteiger partial charge in [-0.1, -0.05) is 0 Å². The van der Waals surface area contributed by atoms with Crippen LogP contribution in [0.3, 0.4) is 0 Å². The highest BCUT2D eigenvalue weighted by Gasteiger charge is 2.29. The number of carbonyl (C=O) groups excluding carboxylic acids is 2. The number of aromatic amines is 1. The molecule has 1 aromatic heterocycles. The summed E-state index contributed by atoms with van der Waals surface area (Å²) in [5.74, 6) is -0.822. The summed E-state index contributed by atoms with van der Waals surface area (Å²) in [6.07, 6.45) is 1.61. The van der Waals surface area contributed by atoms with Crippen LogP contribution >= 0.6 is 0 Å². The van der Waals surface area contributed by atoms with E-state index in [9.17, 15) is 18.0 Å². The Hall–Kier alpha value is -2.89. The van der Waals surface area contributed by atoms with Gasteiger partial charge in [-0.25, -0.2) is 17.9 Å². The van der Waals surface area contributed by atoms with Crippen molar-refractivity contribution in [1.82, 2.24) is 9.71 Å². The molecule has 0 spiro atoms. The van der Waals surface area contributed by atoms with Crippen LogP contribution in [0.15, 0.2) is 23.1 Å². The Morgan fingerprint density at radius 2 is 1.88 bits per heavy atom. The Balaban J connectivity index is 1.84. The quantitative estimate of drug-likeness (QED) is 0.361. The number of H-pyrrole nitrogens is 1. The lowest BCUT2D eigenvalue weighted by Gasteiger charge is -2.13. The molecule has 0 bridgehead atoms. The molecule has 0 aliphatic heterocycles. The number of amides is 1. The molecule has 0 saturated heterocycles. The molecule has 32 heavy (non-hydrogen) atoms. The van der Waals surface area contributed by atoms with E-state index in [0.29, 0.717) is 17.0 Å². The molecule has 10 nitrogen and oxygen atoms in total. The van der Waals surface area contributed by atoms with Crippen LogP contribution in [0, 0.1) is 13.8 Å². The Bertz CT molecular complexity index is 1120. The fourth-order valence-electron chi connectivity index (χ4n) is 3.20. The molecule has 1 saturated carbocycles. The van der Waals surface area contributed by atoms with Crippen molar-refractivity contribution in [3.63, 3.8) is 0 Å². The molecule has 0 radical (unpaired) electrons. The van der Waals surface area contributed by atoms with Crippen molar-refractivity contribution in [1.29, 1.82) is 0 Å². The fourth-order valence-corrected chi connectivity index (χ4v) is 4.53.